The summed E-state index contributed by atoms with van der Waals surface area (Å²) < 4.78 is 81.3. The maximum atomic E-state index is 13.3. The minimum absolute atomic E-state index is 0.0645. The third-order valence-electron chi connectivity index (χ3n) is 4.25. The molecule has 0 atom stereocenters. The fourth-order valence-corrected chi connectivity index (χ4v) is 3.61. The van der Waals surface area contributed by atoms with Crippen molar-refractivity contribution in [1.82, 2.24) is 10.2 Å². The van der Waals surface area contributed by atoms with Crippen LogP contribution in [-0.4, -0.2) is 30.8 Å². The maximum absolute atomic E-state index is 13.3. The number of nitrogens with one attached hydrogen (secondary N) is 1. The van der Waals surface area contributed by atoms with Gasteiger partial charge in [-0.25, -0.2) is 12.8 Å². The zero-order chi connectivity index (χ0) is 24.4. The first-order valence-corrected chi connectivity index (χ1v) is 11.3. The molecule has 1 N–H and O–H groups in total. The van der Waals surface area contributed by atoms with E-state index in [-0.39, 0.29) is 17.2 Å². The summed E-state index contributed by atoms with van der Waals surface area (Å²) in [6.07, 6.45) is -3.83. The van der Waals surface area contributed by atoms with Crippen molar-refractivity contribution in [3.05, 3.63) is 76.7 Å². The molecule has 12 heteroatoms. The molecule has 2 aromatic carbocycles. The number of rotatable bonds is 6. The third kappa shape index (κ3) is 6.48. The fraction of sp³-hybridized carbons (Fsp3) is 0.190. The predicted molar refractivity (Wildman–Crippen MR) is 111 cm³/mol. The molecular weight excluding hydrogens is 466 g/mol. The number of aromatic nitrogens is 2. The summed E-state index contributed by atoms with van der Waals surface area (Å²) >= 11 is 0. The number of sulfone groups is 1. The summed E-state index contributed by atoms with van der Waals surface area (Å²) in [6.45, 7) is 1.50. The summed E-state index contributed by atoms with van der Waals surface area (Å²) in [5, 5.41) is 8.89. The molecule has 0 aliphatic rings. The summed E-state index contributed by atoms with van der Waals surface area (Å²) in [6, 6.07) is 9.76. The molecule has 1 heterocycles. The Hall–Kier alpha value is -3.54. The molecule has 0 saturated heterocycles. The van der Waals surface area contributed by atoms with Gasteiger partial charge in [0, 0.05) is 11.9 Å². The number of amides is 1. The quantitative estimate of drug-likeness (QED) is 0.518. The molecule has 0 bridgehead atoms. The van der Waals surface area contributed by atoms with E-state index in [1.807, 2.05) is 0 Å². The highest BCUT2D eigenvalue weighted by Crippen LogP contribution is 2.32. The maximum Gasteiger partial charge on any atom is 0.435 e. The molecule has 1 aromatic heterocycles. The fourth-order valence-electron chi connectivity index (χ4n) is 2.83. The van der Waals surface area contributed by atoms with Crippen LogP contribution in [0, 0.1) is 12.7 Å². The largest absolute Gasteiger partial charge is 0.437 e. The van der Waals surface area contributed by atoms with Crippen LogP contribution in [0.4, 0.5) is 23.2 Å². The number of ether oxygens (including phenoxy) is 1. The molecule has 0 aliphatic heterocycles. The topological polar surface area (TPSA) is 98.2 Å². The van der Waals surface area contributed by atoms with E-state index in [0.29, 0.717) is 17.2 Å². The highest BCUT2D eigenvalue weighted by atomic mass is 32.2. The second kappa shape index (κ2) is 9.14. The van der Waals surface area contributed by atoms with Crippen molar-refractivity contribution in [2.45, 2.75) is 18.9 Å². The predicted octanol–water partition coefficient (Wildman–Crippen LogP) is 4.53. The molecule has 1 amide bonds. The Labute approximate surface area is 186 Å². The lowest BCUT2D eigenvalue weighted by Crippen LogP contribution is -2.18. The van der Waals surface area contributed by atoms with Crippen molar-refractivity contribution in [1.29, 1.82) is 0 Å². The van der Waals surface area contributed by atoms with Crippen LogP contribution < -0.4 is 10.1 Å². The van der Waals surface area contributed by atoms with Gasteiger partial charge in [-0.1, -0.05) is 12.1 Å². The van der Waals surface area contributed by atoms with Crippen LogP contribution in [0.15, 0.2) is 48.5 Å². The van der Waals surface area contributed by atoms with Gasteiger partial charge >= 0.3 is 6.18 Å². The lowest BCUT2D eigenvalue weighted by Gasteiger charge is -2.14. The Kier molecular flexibility index (Phi) is 6.68. The summed E-state index contributed by atoms with van der Waals surface area (Å²) in [7, 11) is -3.35. The summed E-state index contributed by atoms with van der Waals surface area (Å²) in [4.78, 5) is 12.8. The zero-order valence-corrected chi connectivity index (χ0v) is 18.1. The number of aryl methyl sites for hydroxylation is 1. The Morgan fingerprint density at radius 2 is 1.82 bits per heavy atom. The lowest BCUT2D eigenvalue weighted by molar-refractivity contribution is -0.141. The van der Waals surface area contributed by atoms with Crippen LogP contribution in [-0.2, 0) is 21.8 Å². The highest BCUT2D eigenvalue weighted by Gasteiger charge is 2.35. The first kappa shape index (κ1) is 24.1. The van der Waals surface area contributed by atoms with Crippen molar-refractivity contribution < 1.29 is 35.5 Å². The van der Waals surface area contributed by atoms with Gasteiger partial charge in [-0.05, 0) is 54.4 Å². The van der Waals surface area contributed by atoms with Gasteiger partial charge in [-0.15, -0.1) is 10.2 Å². The average Bonchev–Trinajstić information content (AvgIpc) is 2.68. The molecule has 3 aromatic rings. The molecule has 33 heavy (non-hydrogen) atoms. The molecule has 0 unspecified atom stereocenters. The van der Waals surface area contributed by atoms with E-state index >= 15 is 0 Å². The van der Waals surface area contributed by atoms with Crippen molar-refractivity contribution in [3.8, 4) is 11.6 Å². The van der Waals surface area contributed by atoms with E-state index in [0.717, 1.165) is 18.4 Å². The SMILES string of the molecule is Cc1cc(F)ccc1Oc1nnc(C(F)(F)F)cc1C(=O)Nc1cccc(CS(C)(=O)=O)c1. The van der Waals surface area contributed by atoms with Gasteiger partial charge in [0.05, 0.1) is 5.75 Å². The first-order valence-electron chi connectivity index (χ1n) is 9.29. The van der Waals surface area contributed by atoms with E-state index in [9.17, 15) is 30.8 Å². The average molecular weight is 483 g/mol. The lowest BCUT2D eigenvalue weighted by atomic mass is 10.2. The van der Waals surface area contributed by atoms with Crippen molar-refractivity contribution in [2.75, 3.05) is 11.6 Å². The molecule has 0 spiro atoms. The van der Waals surface area contributed by atoms with Gasteiger partial charge in [0.2, 0.25) is 0 Å². The highest BCUT2D eigenvalue weighted by molar-refractivity contribution is 7.89. The van der Waals surface area contributed by atoms with Crippen LogP contribution in [0.5, 0.6) is 11.6 Å². The monoisotopic (exact) mass is 483 g/mol. The molecule has 7 nitrogen and oxygen atoms in total. The standard InChI is InChI=1S/C21H17F4N3O4S/c1-12-8-14(22)6-7-17(12)32-20-16(10-18(27-28-20)21(23,24)25)19(29)26-15-5-3-4-13(9-15)11-33(2,30)31/h3-10H,11H2,1-2H3,(H,26,29). The van der Waals surface area contributed by atoms with Crippen LogP contribution in [0.1, 0.15) is 27.2 Å². The van der Waals surface area contributed by atoms with Crippen molar-refractivity contribution in [3.63, 3.8) is 0 Å². The number of halogens is 4. The number of hydrogen-bond acceptors (Lipinski definition) is 6. The number of nitrogens with zero attached hydrogens (tertiary/aromatic N) is 2. The van der Waals surface area contributed by atoms with E-state index in [1.165, 1.54) is 37.3 Å². The van der Waals surface area contributed by atoms with E-state index in [1.54, 1.807) is 0 Å². The van der Waals surface area contributed by atoms with Gasteiger partial charge in [-0.3, -0.25) is 4.79 Å². The van der Waals surface area contributed by atoms with Gasteiger partial charge in [-0.2, -0.15) is 13.2 Å². The Bertz CT molecular complexity index is 1310. The zero-order valence-electron chi connectivity index (χ0n) is 17.3. The molecule has 174 valence electrons. The molecule has 0 saturated carbocycles. The minimum atomic E-state index is -4.87. The Morgan fingerprint density at radius 3 is 2.45 bits per heavy atom. The normalized spacial score (nSPS) is 11.8. The van der Waals surface area contributed by atoms with Gasteiger partial charge < -0.3 is 10.1 Å². The van der Waals surface area contributed by atoms with Crippen molar-refractivity contribution >= 4 is 21.4 Å². The van der Waals surface area contributed by atoms with Crippen LogP contribution >= 0.6 is 0 Å². The number of benzene rings is 2. The Balaban J connectivity index is 1.97. The van der Waals surface area contributed by atoms with Gasteiger partial charge in [0.1, 0.15) is 17.1 Å². The molecule has 0 aliphatic carbocycles. The van der Waals surface area contributed by atoms with E-state index in [4.69, 9.17) is 4.74 Å². The smallest absolute Gasteiger partial charge is 0.435 e. The van der Waals surface area contributed by atoms with E-state index in [2.05, 4.69) is 15.5 Å². The molecule has 0 radical (unpaired) electrons. The summed E-state index contributed by atoms with van der Waals surface area (Å²) in [5.41, 5.74) is -1.15. The second-order valence-corrected chi connectivity index (χ2v) is 9.32. The van der Waals surface area contributed by atoms with Crippen LogP contribution in [0.25, 0.3) is 0 Å². The number of carbonyl (C=O) groups is 1. The number of hydrogen-bond donors (Lipinski definition) is 1. The number of anilines is 1. The number of alkyl halides is 3. The molecule has 3 rings (SSSR count). The number of carbonyl (C=O) groups excluding carboxylic acids is 1. The summed E-state index contributed by atoms with van der Waals surface area (Å²) in [5.74, 6) is -2.30. The van der Waals surface area contributed by atoms with Gasteiger partial charge in [0.15, 0.2) is 15.5 Å². The van der Waals surface area contributed by atoms with Crippen LogP contribution in [0.3, 0.4) is 0 Å². The van der Waals surface area contributed by atoms with Gasteiger partial charge in [0.25, 0.3) is 11.8 Å². The minimum Gasteiger partial charge on any atom is -0.437 e. The molecular formula is C21H17F4N3O4S. The van der Waals surface area contributed by atoms with E-state index < -0.39 is 44.9 Å². The van der Waals surface area contributed by atoms with Crippen LogP contribution in [0.2, 0.25) is 0 Å². The molecule has 0 fully saturated rings. The second-order valence-electron chi connectivity index (χ2n) is 7.18. The third-order valence-corrected chi connectivity index (χ3v) is 5.11. The van der Waals surface area contributed by atoms with Crippen molar-refractivity contribution in [2.24, 2.45) is 0 Å². The first-order chi connectivity index (χ1) is 15.3. The Morgan fingerprint density at radius 1 is 1.09 bits per heavy atom.